The average molecular weight is 350 g/mol. The molecule has 24 heavy (non-hydrogen) atoms. The van der Waals surface area contributed by atoms with E-state index in [1.807, 2.05) is 31.1 Å². The Balaban J connectivity index is 2.08. The lowest BCUT2D eigenvalue weighted by Gasteiger charge is -2.16. The number of aliphatic hydroxyl groups is 1. The quantitative estimate of drug-likeness (QED) is 0.796. The highest BCUT2D eigenvalue weighted by atomic mass is 32.2. The molecule has 0 saturated carbocycles. The molecule has 130 valence electrons. The van der Waals surface area contributed by atoms with Crippen LogP contribution in [0.3, 0.4) is 0 Å². The van der Waals surface area contributed by atoms with E-state index in [2.05, 4.69) is 4.72 Å². The van der Waals surface area contributed by atoms with Crippen molar-refractivity contribution < 1.29 is 18.3 Å². The summed E-state index contributed by atoms with van der Waals surface area (Å²) in [4.78, 5) is 1.99. The standard InChI is InChI=1S/C17H22N2O4S/c1-19(2)14-10-8-13(9-11-14)15(20)12-18-24(21,22)17-7-5-4-6-16(17)23-3/h4-11,15,18,20H,12H2,1-3H3. The molecule has 0 aliphatic heterocycles. The minimum Gasteiger partial charge on any atom is -0.495 e. The van der Waals surface area contributed by atoms with Gasteiger partial charge in [-0.2, -0.15) is 0 Å². The molecule has 0 aromatic heterocycles. The van der Waals surface area contributed by atoms with Crippen molar-refractivity contribution in [2.24, 2.45) is 0 Å². The summed E-state index contributed by atoms with van der Waals surface area (Å²) in [5.41, 5.74) is 1.64. The van der Waals surface area contributed by atoms with Gasteiger partial charge in [-0.15, -0.1) is 0 Å². The number of sulfonamides is 1. The van der Waals surface area contributed by atoms with Gasteiger partial charge in [-0.05, 0) is 29.8 Å². The normalized spacial score (nSPS) is 12.7. The summed E-state index contributed by atoms with van der Waals surface area (Å²) in [5.74, 6) is 0.259. The van der Waals surface area contributed by atoms with E-state index in [9.17, 15) is 13.5 Å². The van der Waals surface area contributed by atoms with Gasteiger partial charge in [0.25, 0.3) is 0 Å². The van der Waals surface area contributed by atoms with Crippen LogP contribution in [0.2, 0.25) is 0 Å². The fraction of sp³-hybridized carbons (Fsp3) is 0.294. The summed E-state index contributed by atoms with van der Waals surface area (Å²) in [6.07, 6.45) is -0.939. The summed E-state index contributed by atoms with van der Waals surface area (Å²) in [6, 6.07) is 13.6. The first-order valence-corrected chi connectivity index (χ1v) is 8.91. The first-order chi connectivity index (χ1) is 11.3. The predicted molar refractivity (Wildman–Crippen MR) is 93.9 cm³/mol. The average Bonchev–Trinajstić information content (AvgIpc) is 2.59. The Bertz CT molecular complexity index is 773. The van der Waals surface area contributed by atoms with Crippen molar-refractivity contribution in [1.82, 2.24) is 4.72 Å². The molecule has 0 amide bonds. The lowest BCUT2D eigenvalue weighted by atomic mass is 10.1. The topological polar surface area (TPSA) is 78.9 Å². The number of hydrogen-bond acceptors (Lipinski definition) is 5. The van der Waals surface area contributed by atoms with Crippen LogP contribution in [-0.2, 0) is 10.0 Å². The Kier molecular flexibility index (Phi) is 5.82. The van der Waals surface area contributed by atoms with Gasteiger partial charge in [-0.25, -0.2) is 13.1 Å². The Morgan fingerprint density at radius 3 is 2.33 bits per heavy atom. The molecule has 1 atom stereocenters. The van der Waals surface area contributed by atoms with Gasteiger partial charge in [0.05, 0.1) is 13.2 Å². The van der Waals surface area contributed by atoms with Gasteiger partial charge in [0.15, 0.2) is 0 Å². The van der Waals surface area contributed by atoms with Gasteiger partial charge in [-0.3, -0.25) is 0 Å². The first-order valence-electron chi connectivity index (χ1n) is 7.43. The Hall–Kier alpha value is -2.09. The lowest BCUT2D eigenvalue weighted by molar-refractivity contribution is 0.182. The molecular weight excluding hydrogens is 328 g/mol. The molecule has 0 aliphatic rings. The van der Waals surface area contributed by atoms with Crippen LogP contribution in [0.5, 0.6) is 5.75 Å². The fourth-order valence-corrected chi connectivity index (χ4v) is 3.43. The van der Waals surface area contributed by atoms with Crippen LogP contribution in [0, 0.1) is 0 Å². The molecule has 0 bridgehead atoms. The van der Waals surface area contributed by atoms with Gasteiger partial charge < -0.3 is 14.7 Å². The first kappa shape index (κ1) is 18.3. The minimum absolute atomic E-state index is 0.0441. The van der Waals surface area contributed by atoms with Crippen LogP contribution in [-0.4, -0.2) is 41.3 Å². The summed E-state index contributed by atoms with van der Waals surface area (Å²) in [5, 5.41) is 10.2. The molecule has 0 aliphatic carbocycles. The second-order valence-electron chi connectivity index (χ2n) is 5.50. The lowest BCUT2D eigenvalue weighted by Crippen LogP contribution is -2.28. The molecule has 2 N–H and O–H groups in total. The van der Waals surface area contributed by atoms with Crippen molar-refractivity contribution in [3.8, 4) is 5.75 Å². The molecular formula is C17H22N2O4S. The van der Waals surface area contributed by atoms with Crippen LogP contribution >= 0.6 is 0 Å². The van der Waals surface area contributed by atoms with Crippen LogP contribution in [0.25, 0.3) is 0 Å². The number of ether oxygens (including phenoxy) is 1. The fourth-order valence-electron chi connectivity index (χ4n) is 2.22. The Labute approximate surface area is 142 Å². The van der Waals surface area contributed by atoms with E-state index in [4.69, 9.17) is 4.74 Å². The number of hydrogen-bond donors (Lipinski definition) is 2. The zero-order chi connectivity index (χ0) is 17.7. The second-order valence-corrected chi connectivity index (χ2v) is 7.24. The third-order valence-electron chi connectivity index (χ3n) is 3.62. The van der Waals surface area contributed by atoms with Gasteiger partial charge in [0.1, 0.15) is 10.6 Å². The SMILES string of the molecule is COc1ccccc1S(=O)(=O)NCC(O)c1ccc(N(C)C)cc1. The van der Waals surface area contributed by atoms with Crippen LogP contribution in [0.1, 0.15) is 11.7 Å². The molecule has 0 heterocycles. The summed E-state index contributed by atoms with van der Waals surface area (Å²) in [7, 11) is 1.49. The van der Waals surface area contributed by atoms with Crippen molar-refractivity contribution in [1.29, 1.82) is 0 Å². The van der Waals surface area contributed by atoms with Gasteiger partial charge in [0.2, 0.25) is 10.0 Å². The van der Waals surface area contributed by atoms with Crippen LogP contribution < -0.4 is 14.4 Å². The zero-order valence-corrected chi connectivity index (χ0v) is 14.7. The van der Waals surface area contributed by atoms with Crippen molar-refractivity contribution in [3.63, 3.8) is 0 Å². The largest absolute Gasteiger partial charge is 0.495 e. The number of benzene rings is 2. The maximum Gasteiger partial charge on any atom is 0.244 e. The van der Waals surface area contributed by atoms with Gasteiger partial charge in [-0.1, -0.05) is 24.3 Å². The smallest absolute Gasteiger partial charge is 0.244 e. The number of para-hydroxylation sites is 1. The van der Waals surface area contributed by atoms with Crippen molar-refractivity contribution in [2.45, 2.75) is 11.0 Å². The second kappa shape index (κ2) is 7.65. The molecule has 6 nitrogen and oxygen atoms in total. The molecule has 2 aromatic rings. The van der Waals surface area contributed by atoms with E-state index >= 15 is 0 Å². The maximum absolute atomic E-state index is 12.4. The van der Waals surface area contributed by atoms with E-state index in [0.717, 1.165) is 5.69 Å². The third kappa shape index (κ3) is 4.25. The molecule has 0 spiro atoms. The van der Waals surface area contributed by atoms with E-state index in [-0.39, 0.29) is 17.2 Å². The number of rotatable bonds is 7. The molecule has 7 heteroatoms. The van der Waals surface area contributed by atoms with Crippen LogP contribution in [0.4, 0.5) is 5.69 Å². The number of methoxy groups -OCH3 is 1. The predicted octanol–water partition coefficient (Wildman–Crippen LogP) is 1.77. The summed E-state index contributed by atoms with van der Waals surface area (Å²) < 4.78 is 32.3. The minimum atomic E-state index is -3.77. The molecule has 0 fully saturated rings. The third-order valence-corrected chi connectivity index (χ3v) is 5.08. The molecule has 0 saturated heterocycles. The van der Waals surface area contributed by atoms with Crippen molar-refractivity contribution in [2.75, 3.05) is 32.6 Å². The summed E-state index contributed by atoms with van der Waals surface area (Å²) >= 11 is 0. The number of nitrogens with one attached hydrogen (secondary N) is 1. The van der Waals surface area contributed by atoms with Gasteiger partial charge >= 0.3 is 0 Å². The van der Waals surface area contributed by atoms with Crippen LogP contribution in [0.15, 0.2) is 53.4 Å². The zero-order valence-electron chi connectivity index (χ0n) is 13.9. The van der Waals surface area contributed by atoms with Gasteiger partial charge in [0, 0.05) is 26.3 Å². The van der Waals surface area contributed by atoms with Crippen molar-refractivity contribution in [3.05, 3.63) is 54.1 Å². The van der Waals surface area contributed by atoms with E-state index < -0.39 is 16.1 Å². The molecule has 1 unspecified atom stereocenters. The number of anilines is 1. The monoisotopic (exact) mass is 350 g/mol. The van der Waals surface area contributed by atoms with E-state index in [1.54, 1.807) is 30.3 Å². The number of nitrogens with zero attached hydrogens (tertiary/aromatic N) is 1. The molecule has 0 radical (unpaired) electrons. The van der Waals surface area contributed by atoms with Crippen molar-refractivity contribution >= 4 is 15.7 Å². The Morgan fingerprint density at radius 1 is 1.12 bits per heavy atom. The van der Waals surface area contributed by atoms with E-state index in [1.165, 1.54) is 13.2 Å². The summed E-state index contributed by atoms with van der Waals surface area (Å²) in [6.45, 7) is -0.123. The van der Waals surface area contributed by atoms with E-state index in [0.29, 0.717) is 5.56 Å². The molecule has 2 rings (SSSR count). The highest BCUT2D eigenvalue weighted by Crippen LogP contribution is 2.23. The maximum atomic E-state index is 12.4. The number of aliphatic hydroxyl groups excluding tert-OH is 1. The molecule has 2 aromatic carbocycles. The highest BCUT2D eigenvalue weighted by molar-refractivity contribution is 7.89. The Morgan fingerprint density at radius 2 is 1.75 bits per heavy atom. The highest BCUT2D eigenvalue weighted by Gasteiger charge is 2.20.